The quantitative estimate of drug-likeness (QED) is 0.0920. The van der Waals surface area contributed by atoms with E-state index < -0.39 is 7.26 Å². The molecule has 0 aliphatic carbocycles. The Morgan fingerprint density at radius 1 is 0.556 bits per heavy atom. The van der Waals surface area contributed by atoms with Crippen molar-refractivity contribution in [3.8, 4) is 11.5 Å². The summed E-state index contributed by atoms with van der Waals surface area (Å²) in [4.78, 5) is 8.99. The van der Waals surface area contributed by atoms with Gasteiger partial charge in [0.1, 0.15) is 34.7 Å². The molecule has 4 nitrogen and oxygen atoms in total. The van der Waals surface area contributed by atoms with Gasteiger partial charge in [0.15, 0.2) is 0 Å². The number of aliphatic imine (C=N–C) groups is 2. The standard InChI is InChI=1S/C37H35N2O2P.2ClH.Zn/c1-2-29-18-20-36(40)31(24-29)26-38-22-23-39-27-32-25-30(19-21-37(32)41)28-42(33-12-6-3-7-13-33,34-14-8-4-9-15-34)35-16-10-5-11-17-35;;;/h3-21,24-27H,2,22-23,28H2,1H3,(H-,38,39,40,41);2*1H;/p-1. The van der Waals surface area contributed by atoms with Crippen LogP contribution >= 0.6 is 7.26 Å². The van der Waals surface area contributed by atoms with E-state index in [4.69, 9.17) is 0 Å². The van der Waals surface area contributed by atoms with Crippen LogP contribution in [-0.4, -0.2) is 35.7 Å². The Balaban J connectivity index is 0.00000235. The normalized spacial score (nSPS) is 11.0. The van der Waals surface area contributed by atoms with Crippen LogP contribution in [0.2, 0.25) is 0 Å². The number of phenols is 2. The molecule has 0 saturated heterocycles. The van der Waals surface area contributed by atoms with Crippen LogP contribution in [0.3, 0.4) is 0 Å². The van der Waals surface area contributed by atoms with Crippen molar-refractivity contribution in [2.24, 2.45) is 9.98 Å². The first-order valence-electron chi connectivity index (χ1n) is 14.3. The SMILES string of the molecule is CCc1ccc(O)c(C=NCCN=Cc2cc(C[P+](c3ccccc3)(c3ccccc3)c3ccccc3)ccc2O)c1.[Cl-].[Cl-].[Zn]. The van der Waals surface area contributed by atoms with E-state index in [0.717, 1.165) is 23.7 Å². The fourth-order valence-electron chi connectivity index (χ4n) is 5.22. The molecule has 0 unspecified atom stereocenters. The smallest absolute Gasteiger partial charge is 0.124 e. The molecule has 0 aliphatic heterocycles. The summed E-state index contributed by atoms with van der Waals surface area (Å²) >= 11 is 0. The molecule has 0 aliphatic rings. The van der Waals surface area contributed by atoms with Crippen molar-refractivity contribution in [3.05, 3.63) is 150 Å². The minimum atomic E-state index is -2.06. The van der Waals surface area contributed by atoms with Crippen LogP contribution in [0.5, 0.6) is 11.5 Å². The van der Waals surface area contributed by atoms with Gasteiger partial charge >= 0.3 is 0 Å². The summed E-state index contributed by atoms with van der Waals surface area (Å²) in [7, 11) is -2.06. The molecule has 8 heteroatoms. The average molecular weight is 708 g/mol. The second-order valence-corrected chi connectivity index (χ2v) is 13.7. The summed E-state index contributed by atoms with van der Waals surface area (Å²) in [5.74, 6) is 0.428. The maximum atomic E-state index is 10.7. The number of benzene rings is 5. The van der Waals surface area contributed by atoms with Gasteiger partial charge in [0, 0.05) is 43.0 Å². The van der Waals surface area contributed by atoms with E-state index in [-0.39, 0.29) is 55.8 Å². The predicted octanol–water partition coefficient (Wildman–Crippen LogP) is 0.698. The molecule has 5 aromatic carbocycles. The van der Waals surface area contributed by atoms with Crippen molar-refractivity contribution in [1.29, 1.82) is 0 Å². The number of aromatic hydroxyl groups is 2. The molecule has 0 spiro atoms. The summed E-state index contributed by atoms with van der Waals surface area (Å²) in [5, 5.41) is 24.7. The first-order valence-corrected chi connectivity index (χ1v) is 16.3. The molecule has 5 rings (SSSR count). The summed E-state index contributed by atoms with van der Waals surface area (Å²) in [6, 6.07) is 43.8. The van der Waals surface area contributed by atoms with Crippen molar-refractivity contribution < 1.29 is 54.5 Å². The van der Waals surface area contributed by atoms with Gasteiger partial charge in [0.05, 0.1) is 19.3 Å². The fourth-order valence-corrected chi connectivity index (χ4v) is 9.45. The van der Waals surface area contributed by atoms with E-state index in [2.05, 4.69) is 114 Å². The predicted molar refractivity (Wildman–Crippen MR) is 179 cm³/mol. The Bertz CT molecular complexity index is 1570. The molecule has 0 aromatic heterocycles. The molecule has 0 heterocycles. The van der Waals surface area contributed by atoms with Gasteiger partial charge in [-0.3, -0.25) is 9.98 Å². The summed E-state index contributed by atoms with van der Waals surface area (Å²) in [6.45, 7) is 3.04. The number of rotatable bonds is 11. The number of hydrogen-bond donors (Lipinski definition) is 2. The van der Waals surface area contributed by atoms with Gasteiger partial charge in [-0.2, -0.15) is 0 Å². The molecule has 2 N–H and O–H groups in total. The molecule has 0 saturated carbocycles. The average Bonchev–Trinajstić information content (AvgIpc) is 3.05. The largest absolute Gasteiger partial charge is 1.00 e. The Morgan fingerprint density at radius 3 is 1.33 bits per heavy atom. The van der Waals surface area contributed by atoms with Crippen molar-refractivity contribution >= 4 is 35.6 Å². The van der Waals surface area contributed by atoms with Crippen molar-refractivity contribution in [2.75, 3.05) is 13.1 Å². The van der Waals surface area contributed by atoms with Gasteiger partial charge in [-0.15, -0.1) is 0 Å². The van der Waals surface area contributed by atoms with Gasteiger partial charge < -0.3 is 35.0 Å². The van der Waals surface area contributed by atoms with E-state index in [0.29, 0.717) is 24.2 Å². The molecule has 0 bridgehead atoms. The third-order valence-electron chi connectivity index (χ3n) is 7.42. The van der Waals surface area contributed by atoms with E-state index >= 15 is 0 Å². The Labute approximate surface area is 292 Å². The number of phenolic OH excluding ortho intramolecular Hbond substituents is 2. The number of aryl methyl sites for hydroxylation is 1. The van der Waals surface area contributed by atoms with Gasteiger partial charge in [0.2, 0.25) is 0 Å². The van der Waals surface area contributed by atoms with E-state index in [1.807, 2.05) is 18.2 Å². The van der Waals surface area contributed by atoms with Crippen molar-refractivity contribution in [1.82, 2.24) is 0 Å². The van der Waals surface area contributed by atoms with Gasteiger partial charge in [-0.1, -0.05) is 73.7 Å². The fraction of sp³-hybridized carbons (Fsp3) is 0.135. The first kappa shape index (κ1) is 37.9. The molecule has 0 fully saturated rings. The van der Waals surface area contributed by atoms with Crippen LogP contribution in [-0.2, 0) is 32.1 Å². The zero-order valence-corrected chi connectivity index (χ0v) is 30.7. The van der Waals surface area contributed by atoms with E-state index in [1.54, 1.807) is 24.6 Å². The summed E-state index contributed by atoms with van der Waals surface area (Å²) in [5.41, 5.74) is 3.70. The van der Waals surface area contributed by atoms with Gasteiger partial charge in [-0.05, 0) is 78.2 Å². The van der Waals surface area contributed by atoms with Gasteiger partial charge in [0.25, 0.3) is 0 Å². The molecule has 5 aromatic rings. The van der Waals surface area contributed by atoms with Crippen LogP contribution in [0.25, 0.3) is 0 Å². The molecular formula is C37H36Cl2N2O2PZn-. The Kier molecular flexibility index (Phi) is 15.6. The minimum Gasteiger partial charge on any atom is -1.00 e. The summed E-state index contributed by atoms with van der Waals surface area (Å²) in [6.07, 6.45) is 5.15. The maximum Gasteiger partial charge on any atom is 0.124 e. The Hall–Kier alpha value is -3.33. The molecule has 0 atom stereocenters. The van der Waals surface area contributed by atoms with Crippen LogP contribution < -0.4 is 40.7 Å². The van der Waals surface area contributed by atoms with Crippen molar-refractivity contribution in [2.45, 2.75) is 19.5 Å². The summed E-state index contributed by atoms with van der Waals surface area (Å²) < 4.78 is 0. The van der Waals surface area contributed by atoms with Crippen LogP contribution in [0.4, 0.5) is 0 Å². The number of halogens is 2. The molecular weight excluding hydrogens is 672 g/mol. The van der Waals surface area contributed by atoms with Gasteiger partial charge in [-0.25, -0.2) is 0 Å². The van der Waals surface area contributed by atoms with Crippen molar-refractivity contribution in [3.63, 3.8) is 0 Å². The molecule has 228 valence electrons. The third-order valence-corrected chi connectivity index (χ3v) is 11.8. The van der Waals surface area contributed by atoms with E-state index in [9.17, 15) is 10.2 Å². The third kappa shape index (κ3) is 9.35. The zero-order chi connectivity index (χ0) is 29.2. The van der Waals surface area contributed by atoms with Crippen LogP contribution in [0, 0.1) is 0 Å². The first-order chi connectivity index (χ1) is 20.6. The minimum absolute atomic E-state index is 0. The Morgan fingerprint density at radius 2 is 0.933 bits per heavy atom. The monoisotopic (exact) mass is 705 g/mol. The molecule has 0 amide bonds. The second kappa shape index (κ2) is 18.6. The van der Waals surface area contributed by atoms with Crippen LogP contribution in [0.1, 0.15) is 29.2 Å². The number of nitrogens with zero attached hydrogens (tertiary/aromatic N) is 2. The van der Waals surface area contributed by atoms with E-state index in [1.165, 1.54) is 15.9 Å². The second-order valence-electron chi connectivity index (χ2n) is 10.2. The topological polar surface area (TPSA) is 65.2 Å². The maximum absolute atomic E-state index is 10.7. The van der Waals surface area contributed by atoms with Crippen LogP contribution in [0.15, 0.2) is 137 Å². The molecule has 45 heavy (non-hydrogen) atoms. The number of hydrogen-bond acceptors (Lipinski definition) is 4. The molecule has 0 radical (unpaired) electrons. The zero-order valence-electron chi connectivity index (χ0n) is 25.3.